The Morgan fingerprint density at radius 1 is 1.50 bits per heavy atom. The average molecular weight is 355 g/mol. The van der Waals surface area contributed by atoms with Gasteiger partial charge in [0.25, 0.3) is 5.91 Å². The molecule has 108 valence electrons. The number of carbonyl (C=O) groups excluding carboxylic acids is 1. The van der Waals surface area contributed by atoms with Crippen molar-refractivity contribution in [2.45, 2.75) is 20.3 Å². The van der Waals surface area contributed by atoms with Crippen LogP contribution in [0.3, 0.4) is 0 Å². The highest BCUT2D eigenvalue weighted by atomic mass is 79.9. The fourth-order valence-corrected chi connectivity index (χ4v) is 4.00. The monoisotopic (exact) mass is 354 g/mol. The van der Waals surface area contributed by atoms with Crippen LogP contribution in [0.4, 0.5) is 5.69 Å². The molecule has 20 heavy (non-hydrogen) atoms. The molecule has 5 heteroatoms. The molecule has 1 amide bonds. The molecule has 1 aromatic heterocycles. The van der Waals surface area contributed by atoms with E-state index in [0.717, 1.165) is 27.5 Å². The zero-order chi connectivity index (χ0) is 14.9. The van der Waals surface area contributed by atoms with Gasteiger partial charge in [-0.2, -0.15) is 0 Å². The van der Waals surface area contributed by atoms with Gasteiger partial charge < -0.3 is 10.6 Å². The fourth-order valence-electron chi connectivity index (χ4n) is 2.14. The zero-order valence-corrected chi connectivity index (χ0v) is 14.3. The molecular weight excluding hydrogens is 336 g/mol. The first-order valence-electron chi connectivity index (χ1n) is 6.67. The molecule has 0 aliphatic heterocycles. The van der Waals surface area contributed by atoms with E-state index in [1.54, 1.807) is 4.90 Å². The van der Waals surface area contributed by atoms with E-state index in [0.29, 0.717) is 16.5 Å². The van der Waals surface area contributed by atoms with Gasteiger partial charge in [0.2, 0.25) is 0 Å². The number of nitrogens with zero attached hydrogens (tertiary/aromatic N) is 1. The van der Waals surface area contributed by atoms with E-state index in [1.807, 2.05) is 25.2 Å². The van der Waals surface area contributed by atoms with E-state index >= 15 is 0 Å². The van der Waals surface area contributed by atoms with Crippen LogP contribution < -0.4 is 5.73 Å². The van der Waals surface area contributed by atoms with E-state index in [1.165, 1.54) is 11.3 Å². The molecule has 2 rings (SSSR count). The number of carbonyl (C=O) groups is 1. The lowest BCUT2D eigenvalue weighted by atomic mass is 10.1. The van der Waals surface area contributed by atoms with E-state index < -0.39 is 0 Å². The number of nitrogens with two attached hydrogens (primary N) is 1. The van der Waals surface area contributed by atoms with Crippen molar-refractivity contribution in [2.75, 3.05) is 19.3 Å². The number of nitrogen functional groups attached to an aromatic ring is 1. The number of amides is 1. The highest BCUT2D eigenvalue weighted by Crippen LogP contribution is 2.38. The Kier molecular flexibility index (Phi) is 4.70. The van der Waals surface area contributed by atoms with Gasteiger partial charge in [0, 0.05) is 28.2 Å². The van der Waals surface area contributed by atoms with Gasteiger partial charge in [-0.05, 0) is 18.1 Å². The summed E-state index contributed by atoms with van der Waals surface area (Å²) in [6.45, 7) is 5.03. The molecule has 1 atom stereocenters. The molecule has 0 radical (unpaired) electrons. The van der Waals surface area contributed by atoms with E-state index in [-0.39, 0.29) is 5.91 Å². The SMILES string of the molecule is CCC(C)CN(C)C(=O)c1sc2cccc(Br)c2c1N. The number of rotatable bonds is 4. The Bertz CT molecular complexity index is 638. The lowest BCUT2D eigenvalue weighted by Crippen LogP contribution is -2.30. The number of hydrogen-bond acceptors (Lipinski definition) is 3. The number of anilines is 1. The van der Waals surface area contributed by atoms with Crippen LogP contribution in [0, 0.1) is 5.92 Å². The maximum absolute atomic E-state index is 12.5. The molecular formula is C15H19BrN2OS. The second kappa shape index (κ2) is 6.14. The summed E-state index contributed by atoms with van der Waals surface area (Å²) in [6.07, 6.45) is 1.06. The van der Waals surface area contributed by atoms with Gasteiger partial charge in [0.05, 0.1) is 5.69 Å². The molecule has 0 aliphatic carbocycles. The van der Waals surface area contributed by atoms with Gasteiger partial charge in [-0.3, -0.25) is 4.79 Å². The third-order valence-corrected chi connectivity index (χ3v) is 5.34. The van der Waals surface area contributed by atoms with Crippen molar-refractivity contribution >= 4 is 48.9 Å². The van der Waals surface area contributed by atoms with Gasteiger partial charge in [-0.1, -0.05) is 42.3 Å². The first-order valence-corrected chi connectivity index (χ1v) is 8.28. The van der Waals surface area contributed by atoms with Crippen LogP contribution in [0.1, 0.15) is 29.9 Å². The molecule has 3 nitrogen and oxygen atoms in total. The second-order valence-corrected chi connectivity index (χ2v) is 7.06. The first-order chi connectivity index (χ1) is 9.45. The largest absolute Gasteiger partial charge is 0.397 e. The molecule has 0 fully saturated rings. The van der Waals surface area contributed by atoms with Gasteiger partial charge in [-0.25, -0.2) is 0 Å². The van der Waals surface area contributed by atoms with Crippen LogP contribution in [-0.2, 0) is 0 Å². The number of hydrogen-bond donors (Lipinski definition) is 1. The van der Waals surface area contributed by atoms with Crippen molar-refractivity contribution in [2.24, 2.45) is 5.92 Å². The molecule has 1 heterocycles. The fraction of sp³-hybridized carbons (Fsp3) is 0.400. The quantitative estimate of drug-likeness (QED) is 0.886. The topological polar surface area (TPSA) is 46.3 Å². The van der Waals surface area contributed by atoms with Crippen LogP contribution in [-0.4, -0.2) is 24.4 Å². The minimum atomic E-state index is 0.0101. The highest BCUT2D eigenvalue weighted by molar-refractivity contribution is 9.10. The Hall–Kier alpha value is -1.07. The van der Waals surface area contributed by atoms with Crippen molar-refractivity contribution in [3.8, 4) is 0 Å². The van der Waals surface area contributed by atoms with Crippen LogP contribution in [0.15, 0.2) is 22.7 Å². The molecule has 0 aliphatic rings. The second-order valence-electron chi connectivity index (χ2n) is 5.16. The summed E-state index contributed by atoms with van der Waals surface area (Å²) in [7, 11) is 1.84. The molecule has 2 aromatic rings. The van der Waals surface area contributed by atoms with Gasteiger partial charge in [-0.15, -0.1) is 11.3 Å². The van der Waals surface area contributed by atoms with Crippen LogP contribution in [0.5, 0.6) is 0 Å². The smallest absolute Gasteiger partial charge is 0.265 e. The number of halogens is 1. The Labute approximate surface area is 131 Å². The molecule has 0 spiro atoms. The summed E-state index contributed by atoms with van der Waals surface area (Å²) in [5.41, 5.74) is 6.76. The number of benzene rings is 1. The molecule has 1 aromatic carbocycles. The van der Waals surface area contributed by atoms with Crippen LogP contribution in [0.2, 0.25) is 0 Å². The molecule has 0 saturated carbocycles. The van der Waals surface area contributed by atoms with E-state index in [2.05, 4.69) is 29.8 Å². The lowest BCUT2D eigenvalue weighted by Gasteiger charge is -2.20. The highest BCUT2D eigenvalue weighted by Gasteiger charge is 2.21. The standard InChI is InChI=1S/C15H19BrN2OS/c1-4-9(2)8-18(3)15(19)14-13(17)12-10(16)6-5-7-11(12)20-14/h5-7,9H,4,8,17H2,1-3H3. The molecule has 2 N–H and O–H groups in total. The summed E-state index contributed by atoms with van der Waals surface area (Å²) in [5.74, 6) is 0.502. The Morgan fingerprint density at radius 3 is 2.80 bits per heavy atom. The zero-order valence-electron chi connectivity index (χ0n) is 11.9. The molecule has 0 saturated heterocycles. The molecule has 1 unspecified atom stereocenters. The Balaban J connectivity index is 2.36. The van der Waals surface area contributed by atoms with Crippen molar-refractivity contribution in [1.29, 1.82) is 0 Å². The van der Waals surface area contributed by atoms with Crippen molar-refractivity contribution in [1.82, 2.24) is 4.90 Å². The maximum Gasteiger partial charge on any atom is 0.265 e. The van der Waals surface area contributed by atoms with Crippen LogP contribution >= 0.6 is 27.3 Å². The summed E-state index contributed by atoms with van der Waals surface area (Å²) < 4.78 is 1.98. The first kappa shape index (κ1) is 15.3. The average Bonchev–Trinajstić information content (AvgIpc) is 2.76. The normalized spacial score (nSPS) is 12.6. The van der Waals surface area contributed by atoms with Crippen molar-refractivity contribution in [3.05, 3.63) is 27.5 Å². The summed E-state index contributed by atoms with van der Waals surface area (Å²) in [5, 5.41) is 0.942. The molecule has 0 bridgehead atoms. The van der Waals surface area contributed by atoms with Crippen molar-refractivity contribution < 1.29 is 4.79 Å². The minimum Gasteiger partial charge on any atom is -0.397 e. The van der Waals surface area contributed by atoms with Crippen molar-refractivity contribution in [3.63, 3.8) is 0 Å². The van der Waals surface area contributed by atoms with Gasteiger partial charge in [0.15, 0.2) is 0 Å². The predicted molar refractivity (Wildman–Crippen MR) is 90.4 cm³/mol. The third-order valence-electron chi connectivity index (χ3n) is 3.52. The van der Waals surface area contributed by atoms with Gasteiger partial charge in [0.1, 0.15) is 4.88 Å². The van der Waals surface area contributed by atoms with Gasteiger partial charge >= 0.3 is 0 Å². The number of fused-ring (bicyclic) bond motifs is 1. The summed E-state index contributed by atoms with van der Waals surface area (Å²) in [4.78, 5) is 14.9. The lowest BCUT2D eigenvalue weighted by molar-refractivity contribution is 0.0780. The Morgan fingerprint density at radius 2 is 2.20 bits per heavy atom. The third kappa shape index (κ3) is 2.83. The number of thiophene rings is 1. The summed E-state index contributed by atoms with van der Waals surface area (Å²) >= 11 is 4.96. The van der Waals surface area contributed by atoms with E-state index in [4.69, 9.17) is 5.73 Å². The van der Waals surface area contributed by atoms with E-state index in [9.17, 15) is 4.79 Å². The maximum atomic E-state index is 12.5. The predicted octanol–water partition coefficient (Wildman–Crippen LogP) is 4.36. The minimum absolute atomic E-state index is 0.0101. The summed E-state index contributed by atoms with van der Waals surface area (Å²) in [6, 6.07) is 5.90. The van der Waals surface area contributed by atoms with Crippen LogP contribution in [0.25, 0.3) is 10.1 Å².